The molecule has 6 heteroatoms. The first kappa shape index (κ1) is 19.6. The van der Waals surface area contributed by atoms with Gasteiger partial charge in [-0.05, 0) is 43.5 Å². The molecule has 0 unspecified atom stereocenters. The van der Waals surface area contributed by atoms with Gasteiger partial charge in [0.2, 0.25) is 0 Å². The molecule has 1 heterocycles. The lowest BCUT2D eigenvalue weighted by molar-refractivity contribution is -0.127. The Bertz CT molecular complexity index is 1030. The molecular weight excluding hydrogens is 358 g/mol. The second kappa shape index (κ2) is 8.71. The van der Waals surface area contributed by atoms with Crippen molar-refractivity contribution in [1.29, 1.82) is 0 Å². The highest BCUT2D eigenvalue weighted by Crippen LogP contribution is 2.33. The number of carbonyl (C=O) groups excluding carboxylic acids is 1. The molecule has 0 saturated carbocycles. The minimum Gasteiger partial charge on any atom is -0.480 e. The van der Waals surface area contributed by atoms with E-state index < -0.39 is 11.7 Å². The summed E-state index contributed by atoms with van der Waals surface area (Å²) >= 11 is 0. The molecule has 0 radical (unpaired) electrons. The maximum absolute atomic E-state index is 12.1. The molecule has 0 aliphatic heterocycles. The Morgan fingerprint density at radius 3 is 2.68 bits per heavy atom. The number of aliphatic hydroxyl groups excluding tert-OH is 1. The first-order valence-electron chi connectivity index (χ1n) is 9.19. The Balaban J connectivity index is 1.94. The maximum atomic E-state index is 12.1. The second-order valence-corrected chi connectivity index (χ2v) is 6.54. The Kier molecular flexibility index (Phi) is 6.11. The van der Waals surface area contributed by atoms with Crippen molar-refractivity contribution >= 4 is 16.9 Å². The molecule has 0 saturated heterocycles. The maximum Gasteiger partial charge on any atom is 0.336 e. The van der Waals surface area contributed by atoms with Crippen LogP contribution in [-0.2, 0) is 4.79 Å². The van der Waals surface area contributed by atoms with Gasteiger partial charge in [-0.25, -0.2) is 4.79 Å². The number of rotatable bonds is 7. The van der Waals surface area contributed by atoms with Crippen LogP contribution in [0.1, 0.15) is 18.9 Å². The SMILES string of the molecule is Cc1c(O[C@H](C)C(=O)NCCCO)ccc2c(-c3ccccc3)cc(=O)oc12. The molecule has 146 valence electrons. The van der Waals surface area contributed by atoms with Crippen LogP contribution in [0.3, 0.4) is 0 Å². The fraction of sp³-hybridized carbons (Fsp3) is 0.273. The largest absolute Gasteiger partial charge is 0.480 e. The number of ether oxygens (including phenoxy) is 1. The van der Waals surface area contributed by atoms with Crippen LogP contribution in [0.25, 0.3) is 22.1 Å². The third-order valence-electron chi connectivity index (χ3n) is 4.50. The normalized spacial score (nSPS) is 12.0. The van der Waals surface area contributed by atoms with Crippen molar-refractivity contribution < 1.29 is 19.1 Å². The molecule has 6 nitrogen and oxygen atoms in total. The number of nitrogens with one attached hydrogen (secondary N) is 1. The number of carbonyl (C=O) groups is 1. The number of benzene rings is 2. The Labute approximate surface area is 162 Å². The molecule has 0 bridgehead atoms. The predicted octanol–water partition coefficient (Wildman–Crippen LogP) is 3.03. The van der Waals surface area contributed by atoms with E-state index in [0.717, 1.165) is 16.5 Å². The van der Waals surface area contributed by atoms with E-state index in [9.17, 15) is 9.59 Å². The summed E-state index contributed by atoms with van der Waals surface area (Å²) in [5.74, 6) is 0.207. The number of aryl methyl sites for hydroxylation is 1. The van der Waals surface area contributed by atoms with Gasteiger partial charge in [0.25, 0.3) is 5.91 Å². The van der Waals surface area contributed by atoms with Crippen LogP contribution in [0.15, 0.2) is 57.7 Å². The summed E-state index contributed by atoms with van der Waals surface area (Å²) in [4.78, 5) is 24.2. The van der Waals surface area contributed by atoms with Gasteiger partial charge in [0, 0.05) is 30.2 Å². The summed E-state index contributed by atoms with van der Waals surface area (Å²) < 4.78 is 11.2. The topological polar surface area (TPSA) is 88.8 Å². The van der Waals surface area contributed by atoms with E-state index in [1.807, 2.05) is 36.4 Å². The van der Waals surface area contributed by atoms with Crippen molar-refractivity contribution in [1.82, 2.24) is 5.32 Å². The average Bonchev–Trinajstić information content (AvgIpc) is 2.70. The lowest BCUT2D eigenvalue weighted by atomic mass is 10.00. The lowest BCUT2D eigenvalue weighted by Gasteiger charge is -2.17. The Hall–Kier alpha value is -3.12. The lowest BCUT2D eigenvalue weighted by Crippen LogP contribution is -2.37. The number of aliphatic hydroxyl groups is 1. The third kappa shape index (κ3) is 4.23. The standard InChI is InChI=1S/C22H23NO5/c1-14-19(27-15(2)22(26)23-11-6-12-24)10-9-17-18(13-20(25)28-21(14)17)16-7-4-3-5-8-16/h3-5,7-10,13,15,24H,6,11-12H2,1-2H3,(H,23,26)/t15-/m1/s1. The monoisotopic (exact) mass is 381 g/mol. The number of fused-ring (bicyclic) bond motifs is 1. The van der Waals surface area contributed by atoms with Gasteiger partial charge in [0.1, 0.15) is 11.3 Å². The highest BCUT2D eigenvalue weighted by Gasteiger charge is 2.18. The van der Waals surface area contributed by atoms with Crippen molar-refractivity contribution in [3.8, 4) is 16.9 Å². The zero-order valence-electron chi connectivity index (χ0n) is 15.9. The molecule has 2 aromatic carbocycles. The minimum atomic E-state index is -0.723. The van der Waals surface area contributed by atoms with Crippen molar-refractivity contribution in [2.45, 2.75) is 26.4 Å². The fourth-order valence-electron chi connectivity index (χ4n) is 3.01. The van der Waals surface area contributed by atoms with Crippen LogP contribution in [0, 0.1) is 6.92 Å². The molecule has 0 aliphatic carbocycles. The van der Waals surface area contributed by atoms with E-state index >= 15 is 0 Å². The summed E-state index contributed by atoms with van der Waals surface area (Å²) in [5.41, 5.74) is 2.36. The molecular formula is C22H23NO5. The zero-order chi connectivity index (χ0) is 20.1. The molecule has 0 aliphatic rings. The smallest absolute Gasteiger partial charge is 0.336 e. The van der Waals surface area contributed by atoms with Crippen LogP contribution in [-0.4, -0.2) is 30.3 Å². The van der Waals surface area contributed by atoms with Crippen LogP contribution < -0.4 is 15.7 Å². The Morgan fingerprint density at radius 2 is 1.96 bits per heavy atom. The van der Waals surface area contributed by atoms with Crippen molar-refractivity contribution in [3.63, 3.8) is 0 Å². The summed E-state index contributed by atoms with van der Waals surface area (Å²) in [5, 5.41) is 12.3. The van der Waals surface area contributed by atoms with Crippen LogP contribution in [0.5, 0.6) is 5.75 Å². The summed E-state index contributed by atoms with van der Waals surface area (Å²) in [6.45, 7) is 3.84. The van der Waals surface area contributed by atoms with E-state index in [-0.39, 0.29) is 12.5 Å². The summed E-state index contributed by atoms with van der Waals surface area (Å²) in [7, 11) is 0. The van der Waals surface area contributed by atoms with Crippen molar-refractivity contribution in [2.24, 2.45) is 0 Å². The molecule has 0 fully saturated rings. The van der Waals surface area contributed by atoms with Gasteiger partial charge in [0.05, 0.1) is 0 Å². The molecule has 2 N–H and O–H groups in total. The molecule has 1 aromatic heterocycles. The van der Waals surface area contributed by atoms with Crippen LogP contribution in [0.2, 0.25) is 0 Å². The Morgan fingerprint density at radius 1 is 1.21 bits per heavy atom. The molecule has 3 rings (SSSR count). The zero-order valence-corrected chi connectivity index (χ0v) is 15.9. The fourth-order valence-corrected chi connectivity index (χ4v) is 3.01. The first-order chi connectivity index (χ1) is 13.5. The quantitative estimate of drug-likeness (QED) is 0.485. The summed E-state index contributed by atoms with van der Waals surface area (Å²) in [6, 6.07) is 14.7. The number of amides is 1. The first-order valence-corrected chi connectivity index (χ1v) is 9.19. The van der Waals surface area contributed by atoms with Gasteiger partial charge >= 0.3 is 5.63 Å². The van der Waals surface area contributed by atoms with Gasteiger partial charge in [0.15, 0.2) is 6.10 Å². The van der Waals surface area contributed by atoms with Crippen LogP contribution in [0.4, 0.5) is 0 Å². The van der Waals surface area contributed by atoms with Crippen LogP contribution >= 0.6 is 0 Å². The molecule has 0 spiro atoms. The number of hydrogen-bond donors (Lipinski definition) is 2. The minimum absolute atomic E-state index is 0.0160. The molecule has 1 atom stereocenters. The summed E-state index contributed by atoms with van der Waals surface area (Å²) in [6.07, 6.45) is -0.236. The molecule has 1 amide bonds. The highest BCUT2D eigenvalue weighted by molar-refractivity contribution is 5.95. The van der Waals surface area contributed by atoms with E-state index in [1.165, 1.54) is 6.07 Å². The average molecular weight is 381 g/mol. The molecule has 28 heavy (non-hydrogen) atoms. The van der Waals surface area contributed by atoms with E-state index in [0.29, 0.717) is 29.9 Å². The highest BCUT2D eigenvalue weighted by atomic mass is 16.5. The van der Waals surface area contributed by atoms with E-state index in [2.05, 4.69) is 5.32 Å². The second-order valence-electron chi connectivity index (χ2n) is 6.54. The van der Waals surface area contributed by atoms with Crippen molar-refractivity contribution in [2.75, 3.05) is 13.2 Å². The predicted molar refractivity (Wildman–Crippen MR) is 107 cm³/mol. The molecule has 3 aromatic rings. The van der Waals surface area contributed by atoms with Crippen molar-refractivity contribution in [3.05, 3.63) is 64.5 Å². The number of hydrogen-bond acceptors (Lipinski definition) is 5. The van der Waals surface area contributed by atoms with Gasteiger partial charge in [-0.15, -0.1) is 0 Å². The van der Waals surface area contributed by atoms with Gasteiger partial charge in [-0.3, -0.25) is 4.79 Å². The van der Waals surface area contributed by atoms with Gasteiger partial charge < -0.3 is 19.6 Å². The third-order valence-corrected chi connectivity index (χ3v) is 4.50. The van der Waals surface area contributed by atoms with E-state index in [1.54, 1.807) is 19.9 Å². The van der Waals surface area contributed by atoms with E-state index in [4.69, 9.17) is 14.3 Å². The van der Waals surface area contributed by atoms with Gasteiger partial charge in [-0.1, -0.05) is 30.3 Å². The van der Waals surface area contributed by atoms with Gasteiger partial charge in [-0.2, -0.15) is 0 Å².